The predicted octanol–water partition coefficient (Wildman–Crippen LogP) is 5.27. The number of nitrogens with zero attached hydrogens (tertiary/aromatic N) is 3. The van der Waals surface area contributed by atoms with Crippen LogP contribution in [-0.4, -0.2) is 63.3 Å². The van der Waals surface area contributed by atoms with Gasteiger partial charge in [0.25, 0.3) is 5.91 Å². The quantitative estimate of drug-likeness (QED) is 0.385. The highest BCUT2D eigenvalue weighted by Crippen LogP contribution is 2.39. The van der Waals surface area contributed by atoms with Crippen molar-refractivity contribution in [2.24, 2.45) is 0 Å². The van der Waals surface area contributed by atoms with Gasteiger partial charge >= 0.3 is 0 Å². The molecule has 0 saturated carbocycles. The summed E-state index contributed by atoms with van der Waals surface area (Å²) in [4.78, 5) is 22.6. The molecule has 0 saturated heterocycles. The van der Waals surface area contributed by atoms with Crippen molar-refractivity contribution >= 4 is 44.2 Å². The van der Waals surface area contributed by atoms with E-state index >= 15 is 0 Å². The van der Waals surface area contributed by atoms with E-state index in [-0.39, 0.29) is 5.91 Å². The summed E-state index contributed by atoms with van der Waals surface area (Å²) in [6.45, 7) is 9.20. The van der Waals surface area contributed by atoms with Crippen molar-refractivity contribution in [2.45, 2.75) is 20.8 Å². The van der Waals surface area contributed by atoms with Crippen LogP contribution in [0.15, 0.2) is 24.3 Å². The fourth-order valence-electron chi connectivity index (χ4n) is 3.68. The maximum atomic E-state index is 13.8. The summed E-state index contributed by atoms with van der Waals surface area (Å²) in [5, 5.41) is 1.28. The van der Waals surface area contributed by atoms with Gasteiger partial charge in [0.15, 0.2) is 16.6 Å². The van der Waals surface area contributed by atoms with Crippen LogP contribution in [-0.2, 0) is 0 Å². The molecule has 0 bridgehead atoms. The number of carbonyl (C=O) groups is 1. The molecule has 0 aliphatic rings. The molecule has 3 rings (SSSR count). The predicted molar refractivity (Wildman–Crippen MR) is 135 cm³/mol. The Morgan fingerprint density at radius 1 is 1.00 bits per heavy atom. The Bertz CT molecular complexity index is 1110. The molecule has 0 N–H and O–H groups in total. The lowest BCUT2D eigenvalue weighted by molar-refractivity contribution is 0.0983. The maximum Gasteiger partial charge on any atom is 0.260 e. The van der Waals surface area contributed by atoms with E-state index in [0.29, 0.717) is 39.5 Å². The third-order valence-electron chi connectivity index (χ3n) is 5.56. The molecule has 1 aromatic heterocycles. The zero-order chi connectivity index (χ0) is 24.1. The molecular formula is C24H30ClN3O4S. The van der Waals surface area contributed by atoms with E-state index in [1.807, 2.05) is 19.1 Å². The molecule has 1 amide bonds. The largest absolute Gasteiger partial charge is 0.493 e. The Labute approximate surface area is 203 Å². The Balaban J connectivity index is 2.08. The molecule has 9 heteroatoms. The Kier molecular flexibility index (Phi) is 8.40. The standard InChI is InChI=1S/C24H30ClN3O4S/c1-7-27(8-2)9-10-28(24-26-21-15(3)11-17(25)14-20(21)33-24)23(29)16-12-18(30-4)22(32-6)19(13-16)31-5/h11-14H,7-10H2,1-6H3. The summed E-state index contributed by atoms with van der Waals surface area (Å²) < 4.78 is 17.3. The van der Waals surface area contributed by atoms with Crippen molar-refractivity contribution in [1.82, 2.24) is 9.88 Å². The van der Waals surface area contributed by atoms with Crippen LogP contribution in [0.25, 0.3) is 10.2 Å². The molecule has 0 fully saturated rings. The van der Waals surface area contributed by atoms with Crippen LogP contribution in [0.4, 0.5) is 5.13 Å². The fourth-order valence-corrected chi connectivity index (χ4v) is 5.13. The first-order chi connectivity index (χ1) is 15.9. The number of hydrogen-bond acceptors (Lipinski definition) is 7. The SMILES string of the molecule is CCN(CC)CCN(C(=O)c1cc(OC)c(OC)c(OC)c1)c1nc2c(C)cc(Cl)cc2s1. The number of thiazole rings is 1. The molecule has 0 aliphatic carbocycles. The first kappa shape index (κ1) is 25.1. The van der Waals surface area contributed by atoms with Gasteiger partial charge in [0.2, 0.25) is 5.75 Å². The highest BCUT2D eigenvalue weighted by Gasteiger charge is 2.25. The van der Waals surface area contributed by atoms with Crippen LogP contribution in [0, 0.1) is 6.92 Å². The lowest BCUT2D eigenvalue weighted by Crippen LogP contribution is -2.38. The average Bonchev–Trinajstić information content (AvgIpc) is 3.24. The van der Waals surface area contributed by atoms with Crippen LogP contribution in [0.3, 0.4) is 0 Å². The van der Waals surface area contributed by atoms with Crippen LogP contribution in [0.2, 0.25) is 5.02 Å². The number of likely N-dealkylation sites (N-methyl/N-ethyl adjacent to an activating group) is 1. The Morgan fingerprint density at radius 2 is 1.64 bits per heavy atom. The first-order valence-corrected chi connectivity index (χ1v) is 12.0. The number of fused-ring (bicyclic) bond motifs is 1. The Morgan fingerprint density at radius 3 is 2.18 bits per heavy atom. The van der Waals surface area contributed by atoms with Gasteiger partial charge in [-0.3, -0.25) is 9.69 Å². The van der Waals surface area contributed by atoms with Crippen molar-refractivity contribution in [2.75, 3.05) is 52.4 Å². The molecule has 33 heavy (non-hydrogen) atoms. The average molecular weight is 492 g/mol. The number of methoxy groups -OCH3 is 3. The summed E-state index contributed by atoms with van der Waals surface area (Å²) in [6, 6.07) is 7.11. The van der Waals surface area contributed by atoms with E-state index in [0.717, 1.165) is 35.4 Å². The van der Waals surface area contributed by atoms with Crippen LogP contribution in [0.5, 0.6) is 17.2 Å². The normalized spacial score (nSPS) is 11.2. The number of hydrogen-bond donors (Lipinski definition) is 0. The molecule has 178 valence electrons. The summed E-state index contributed by atoms with van der Waals surface area (Å²) in [7, 11) is 4.60. The molecule has 2 aromatic carbocycles. The van der Waals surface area contributed by atoms with Crippen LogP contribution in [0.1, 0.15) is 29.8 Å². The van der Waals surface area contributed by atoms with Gasteiger partial charge in [-0.05, 0) is 49.8 Å². The van der Waals surface area contributed by atoms with E-state index in [4.69, 9.17) is 30.8 Å². The third-order valence-corrected chi connectivity index (χ3v) is 6.80. The number of anilines is 1. The van der Waals surface area contributed by atoms with E-state index in [9.17, 15) is 4.79 Å². The fraction of sp³-hybridized carbons (Fsp3) is 0.417. The van der Waals surface area contributed by atoms with Gasteiger partial charge in [-0.2, -0.15) is 0 Å². The Hall–Kier alpha value is -2.55. The number of benzene rings is 2. The van der Waals surface area contributed by atoms with Gasteiger partial charge in [-0.1, -0.05) is 36.8 Å². The van der Waals surface area contributed by atoms with Crippen LogP contribution < -0.4 is 19.1 Å². The van der Waals surface area contributed by atoms with E-state index < -0.39 is 0 Å². The summed E-state index contributed by atoms with van der Waals surface area (Å²) in [5.41, 5.74) is 2.26. The van der Waals surface area contributed by atoms with Crippen molar-refractivity contribution in [3.05, 3.63) is 40.4 Å². The number of amides is 1. The second-order valence-corrected chi connectivity index (χ2v) is 8.91. The van der Waals surface area contributed by atoms with Crippen LogP contribution >= 0.6 is 22.9 Å². The van der Waals surface area contributed by atoms with Gasteiger partial charge < -0.3 is 19.1 Å². The third kappa shape index (κ3) is 5.34. The second kappa shape index (κ2) is 11.0. The topological polar surface area (TPSA) is 64.1 Å². The van der Waals surface area contributed by atoms with Crippen molar-refractivity contribution in [1.29, 1.82) is 0 Å². The molecule has 3 aromatic rings. The van der Waals surface area contributed by atoms with Gasteiger partial charge in [0.1, 0.15) is 0 Å². The second-order valence-electron chi connectivity index (χ2n) is 7.46. The lowest BCUT2D eigenvalue weighted by atomic mass is 10.1. The van der Waals surface area contributed by atoms with Gasteiger partial charge in [0, 0.05) is 23.7 Å². The molecule has 7 nitrogen and oxygen atoms in total. The summed E-state index contributed by atoms with van der Waals surface area (Å²) >= 11 is 7.71. The molecule has 0 atom stereocenters. The number of ether oxygens (including phenoxy) is 3. The molecular weight excluding hydrogens is 462 g/mol. The zero-order valence-corrected chi connectivity index (χ0v) is 21.5. The van der Waals surface area contributed by atoms with E-state index in [1.165, 1.54) is 32.7 Å². The number of rotatable bonds is 10. The number of halogens is 1. The van der Waals surface area contributed by atoms with Gasteiger partial charge in [-0.25, -0.2) is 4.98 Å². The molecule has 1 heterocycles. The number of carbonyl (C=O) groups excluding carboxylic acids is 1. The smallest absolute Gasteiger partial charge is 0.260 e. The van der Waals surface area contributed by atoms with E-state index in [2.05, 4.69) is 18.7 Å². The molecule has 0 spiro atoms. The minimum atomic E-state index is -0.191. The molecule has 0 unspecified atom stereocenters. The minimum absolute atomic E-state index is 0.191. The number of aryl methyl sites for hydroxylation is 1. The number of aromatic nitrogens is 1. The van der Waals surface area contributed by atoms with Crippen molar-refractivity contribution in [3.63, 3.8) is 0 Å². The van der Waals surface area contributed by atoms with Gasteiger partial charge in [-0.15, -0.1) is 0 Å². The lowest BCUT2D eigenvalue weighted by Gasteiger charge is -2.25. The van der Waals surface area contributed by atoms with Crippen molar-refractivity contribution in [3.8, 4) is 17.2 Å². The molecule has 0 aliphatic heterocycles. The maximum absolute atomic E-state index is 13.8. The highest BCUT2D eigenvalue weighted by atomic mass is 35.5. The van der Waals surface area contributed by atoms with Gasteiger partial charge in [0.05, 0.1) is 31.5 Å². The summed E-state index contributed by atoms with van der Waals surface area (Å²) in [5.74, 6) is 1.10. The van der Waals surface area contributed by atoms with E-state index in [1.54, 1.807) is 17.0 Å². The monoisotopic (exact) mass is 491 g/mol. The summed E-state index contributed by atoms with van der Waals surface area (Å²) in [6.07, 6.45) is 0. The zero-order valence-electron chi connectivity index (χ0n) is 19.9. The first-order valence-electron chi connectivity index (χ1n) is 10.8. The highest BCUT2D eigenvalue weighted by molar-refractivity contribution is 7.22. The minimum Gasteiger partial charge on any atom is -0.493 e. The molecule has 0 radical (unpaired) electrons. The van der Waals surface area contributed by atoms with Crippen molar-refractivity contribution < 1.29 is 19.0 Å².